The third-order valence-corrected chi connectivity index (χ3v) is 6.79. The number of ether oxygens (including phenoxy) is 1. The van der Waals surface area contributed by atoms with Gasteiger partial charge in [-0.1, -0.05) is 6.92 Å². The van der Waals surface area contributed by atoms with Gasteiger partial charge in [0.2, 0.25) is 10.0 Å². The predicted octanol–water partition coefficient (Wildman–Crippen LogP) is 2.19. The fraction of sp³-hybridized carbons (Fsp3) is 0.500. The van der Waals surface area contributed by atoms with Crippen molar-refractivity contribution >= 4 is 31.9 Å². The number of aromatic carboxylic acids is 1. The van der Waals surface area contributed by atoms with Crippen LogP contribution < -0.4 is 0 Å². The van der Waals surface area contributed by atoms with Crippen LogP contribution in [0, 0.1) is 5.92 Å². The van der Waals surface area contributed by atoms with E-state index < -0.39 is 16.0 Å². The van der Waals surface area contributed by atoms with Crippen LogP contribution in [0.3, 0.4) is 0 Å². The predicted molar refractivity (Wildman–Crippen MR) is 84.4 cm³/mol. The first-order valence-corrected chi connectivity index (χ1v) is 9.06. The van der Waals surface area contributed by atoms with Crippen molar-refractivity contribution in [3.05, 3.63) is 28.2 Å². The van der Waals surface area contributed by atoms with E-state index in [1.807, 2.05) is 6.92 Å². The van der Waals surface area contributed by atoms with Gasteiger partial charge in [-0.3, -0.25) is 0 Å². The number of piperidine rings is 1. The lowest BCUT2D eigenvalue weighted by atomic mass is 9.97. The van der Waals surface area contributed by atoms with Gasteiger partial charge in [-0.15, -0.1) is 0 Å². The van der Waals surface area contributed by atoms with Gasteiger partial charge in [0.25, 0.3) is 0 Å². The smallest absolute Gasteiger partial charge is 0.335 e. The van der Waals surface area contributed by atoms with Gasteiger partial charge in [0.15, 0.2) is 0 Å². The molecule has 8 heteroatoms. The summed E-state index contributed by atoms with van der Waals surface area (Å²) in [5.41, 5.74) is 0.0351. The second kappa shape index (κ2) is 6.66. The Hall–Kier alpha value is -0.960. The number of methoxy groups -OCH3 is 1. The highest BCUT2D eigenvalue weighted by Gasteiger charge is 2.34. The number of hydrogen-bond acceptors (Lipinski definition) is 4. The summed E-state index contributed by atoms with van der Waals surface area (Å²) >= 11 is 3.16. The molecule has 1 saturated heterocycles. The average molecular weight is 392 g/mol. The number of benzene rings is 1. The third-order valence-electron chi connectivity index (χ3n) is 3.95. The SMILES string of the molecule is COC1CN(S(=O)(=O)c2ccc(C(=O)O)cc2Br)CCC1C. The number of nitrogens with zero attached hydrogens (tertiary/aromatic N) is 1. The zero-order valence-electron chi connectivity index (χ0n) is 12.3. The molecule has 1 aliphatic rings. The normalized spacial score (nSPS) is 23.4. The molecule has 1 fully saturated rings. The summed E-state index contributed by atoms with van der Waals surface area (Å²) in [6.45, 7) is 2.76. The van der Waals surface area contributed by atoms with Crippen molar-refractivity contribution < 1.29 is 23.1 Å². The fourth-order valence-corrected chi connectivity index (χ4v) is 5.02. The molecule has 6 nitrogen and oxygen atoms in total. The Kier molecular flexibility index (Phi) is 5.26. The molecule has 0 aromatic heterocycles. The largest absolute Gasteiger partial charge is 0.478 e. The van der Waals surface area contributed by atoms with Gasteiger partial charge in [0.1, 0.15) is 0 Å². The Morgan fingerprint density at radius 3 is 2.68 bits per heavy atom. The molecule has 1 aliphatic heterocycles. The van der Waals surface area contributed by atoms with Gasteiger partial charge in [-0.2, -0.15) is 4.31 Å². The third kappa shape index (κ3) is 3.34. The van der Waals surface area contributed by atoms with Crippen molar-refractivity contribution in [3.8, 4) is 0 Å². The first-order valence-electron chi connectivity index (χ1n) is 6.83. The van der Waals surface area contributed by atoms with Crippen molar-refractivity contribution in [2.45, 2.75) is 24.3 Å². The number of hydrogen-bond donors (Lipinski definition) is 1. The lowest BCUT2D eigenvalue weighted by Gasteiger charge is -2.35. The number of halogens is 1. The maximum atomic E-state index is 12.8. The fourth-order valence-electron chi connectivity index (χ4n) is 2.51. The molecule has 2 atom stereocenters. The second-order valence-corrected chi connectivity index (χ2v) is 8.11. The van der Waals surface area contributed by atoms with E-state index in [1.54, 1.807) is 7.11 Å². The summed E-state index contributed by atoms with van der Waals surface area (Å²) in [5, 5.41) is 8.95. The Morgan fingerprint density at radius 1 is 1.45 bits per heavy atom. The molecule has 2 unspecified atom stereocenters. The monoisotopic (exact) mass is 391 g/mol. The number of carbonyl (C=O) groups is 1. The second-order valence-electron chi connectivity index (χ2n) is 5.35. The van der Waals surface area contributed by atoms with Gasteiger partial charge in [-0.05, 0) is 46.5 Å². The van der Waals surface area contributed by atoms with E-state index in [4.69, 9.17) is 9.84 Å². The van der Waals surface area contributed by atoms with Crippen LogP contribution in [0.1, 0.15) is 23.7 Å². The van der Waals surface area contributed by atoms with Gasteiger partial charge in [0, 0.05) is 24.7 Å². The first kappa shape index (κ1) is 17.4. The molecule has 2 rings (SSSR count). The minimum Gasteiger partial charge on any atom is -0.478 e. The van der Waals surface area contributed by atoms with E-state index >= 15 is 0 Å². The number of carboxylic acids is 1. The van der Waals surface area contributed by atoms with Crippen LogP contribution >= 0.6 is 15.9 Å². The molecular formula is C14H18BrNO5S. The Balaban J connectivity index is 2.33. The molecular weight excluding hydrogens is 374 g/mol. The first-order chi connectivity index (χ1) is 10.3. The highest BCUT2D eigenvalue weighted by molar-refractivity contribution is 9.10. The molecule has 0 spiro atoms. The number of sulfonamides is 1. The van der Waals surface area contributed by atoms with E-state index in [0.717, 1.165) is 6.42 Å². The standard InChI is InChI=1S/C14H18BrNO5S/c1-9-5-6-16(8-12(9)21-2)22(19,20)13-4-3-10(14(17)18)7-11(13)15/h3-4,7,9,12H,5-6,8H2,1-2H3,(H,17,18). The molecule has 1 aromatic rings. The zero-order valence-corrected chi connectivity index (χ0v) is 14.7. The Labute approximate surface area is 138 Å². The van der Waals surface area contributed by atoms with E-state index in [0.29, 0.717) is 19.0 Å². The lowest BCUT2D eigenvalue weighted by molar-refractivity contribution is 0.0183. The lowest BCUT2D eigenvalue weighted by Crippen LogP contribution is -2.46. The molecule has 122 valence electrons. The summed E-state index contributed by atoms with van der Waals surface area (Å²) in [7, 11) is -2.11. The van der Waals surface area contributed by atoms with Crippen LogP contribution in [0.25, 0.3) is 0 Å². The highest BCUT2D eigenvalue weighted by Crippen LogP contribution is 2.30. The molecule has 0 saturated carbocycles. The minimum atomic E-state index is -3.69. The van der Waals surface area contributed by atoms with Gasteiger partial charge in [-0.25, -0.2) is 13.2 Å². The Morgan fingerprint density at radius 2 is 2.14 bits per heavy atom. The Bertz CT molecular complexity index is 676. The molecule has 1 N–H and O–H groups in total. The van der Waals surface area contributed by atoms with Crippen LogP contribution in [-0.2, 0) is 14.8 Å². The summed E-state index contributed by atoms with van der Waals surface area (Å²) in [6, 6.07) is 3.92. The number of rotatable bonds is 4. The molecule has 0 bridgehead atoms. The zero-order chi connectivity index (χ0) is 16.5. The van der Waals surface area contributed by atoms with Gasteiger partial charge >= 0.3 is 5.97 Å². The highest BCUT2D eigenvalue weighted by atomic mass is 79.9. The van der Waals surface area contributed by atoms with Crippen molar-refractivity contribution in [2.75, 3.05) is 20.2 Å². The van der Waals surface area contributed by atoms with Crippen LogP contribution in [0.5, 0.6) is 0 Å². The molecule has 1 heterocycles. The van der Waals surface area contributed by atoms with Crippen LogP contribution in [0.4, 0.5) is 0 Å². The van der Waals surface area contributed by atoms with Gasteiger partial charge in [0.05, 0.1) is 16.6 Å². The van der Waals surface area contributed by atoms with Crippen molar-refractivity contribution in [2.24, 2.45) is 5.92 Å². The van der Waals surface area contributed by atoms with Crippen LogP contribution in [-0.4, -0.2) is 50.1 Å². The molecule has 0 radical (unpaired) electrons. The minimum absolute atomic E-state index is 0.0351. The van der Waals surface area contributed by atoms with Gasteiger partial charge < -0.3 is 9.84 Å². The quantitative estimate of drug-likeness (QED) is 0.850. The maximum Gasteiger partial charge on any atom is 0.335 e. The van der Waals surface area contributed by atoms with E-state index in [-0.39, 0.29) is 21.0 Å². The van der Waals surface area contributed by atoms with E-state index in [9.17, 15) is 13.2 Å². The van der Waals surface area contributed by atoms with Crippen molar-refractivity contribution in [1.29, 1.82) is 0 Å². The van der Waals surface area contributed by atoms with Crippen LogP contribution in [0.15, 0.2) is 27.6 Å². The van der Waals surface area contributed by atoms with E-state index in [1.165, 1.54) is 22.5 Å². The maximum absolute atomic E-state index is 12.8. The number of carboxylic acid groups (broad SMARTS) is 1. The summed E-state index contributed by atoms with van der Waals surface area (Å²) in [4.78, 5) is 11.0. The summed E-state index contributed by atoms with van der Waals surface area (Å²) < 4.78 is 32.5. The summed E-state index contributed by atoms with van der Waals surface area (Å²) in [5.74, 6) is -0.801. The molecule has 0 aliphatic carbocycles. The molecule has 1 aromatic carbocycles. The van der Waals surface area contributed by atoms with E-state index in [2.05, 4.69) is 15.9 Å². The molecule has 0 amide bonds. The molecule has 22 heavy (non-hydrogen) atoms. The average Bonchev–Trinajstić information content (AvgIpc) is 2.47. The van der Waals surface area contributed by atoms with Crippen molar-refractivity contribution in [3.63, 3.8) is 0 Å². The van der Waals surface area contributed by atoms with Crippen LogP contribution in [0.2, 0.25) is 0 Å². The summed E-state index contributed by atoms with van der Waals surface area (Å²) in [6.07, 6.45) is 0.586. The topological polar surface area (TPSA) is 83.9 Å². The van der Waals surface area contributed by atoms with Crippen molar-refractivity contribution in [1.82, 2.24) is 4.31 Å².